The van der Waals surface area contributed by atoms with Crippen molar-refractivity contribution < 1.29 is 9.47 Å². The monoisotopic (exact) mass is 259 g/mol. The van der Waals surface area contributed by atoms with E-state index in [0.717, 1.165) is 38.2 Å². The van der Waals surface area contributed by atoms with Crippen molar-refractivity contribution >= 4 is 0 Å². The lowest BCUT2D eigenvalue weighted by molar-refractivity contribution is 0.211. The van der Waals surface area contributed by atoms with Crippen LogP contribution in [0.25, 0.3) is 0 Å². The SMILES string of the molecule is CNC(C1=COCCC1)C1CCOc2ccccc21. The van der Waals surface area contributed by atoms with E-state index in [1.165, 1.54) is 11.1 Å². The van der Waals surface area contributed by atoms with E-state index in [2.05, 4.69) is 23.5 Å². The van der Waals surface area contributed by atoms with Gasteiger partial charge in [-0.15, -0.1) is 0 Å². The molecule has 0 fully saturated rings. The maximum atomic E-state index is 5.76. The Hall–Kier alpha value is -1.48. The zero-order valence-electron chi connectivity index (χ0n) is 11.4. The van der Waals surface area contributed by atoms with Crippen molar-refractivity contribution in [2.75, 3.05) is 20.3 Å². The van der Waals surface area contributed by atoms with Crippen LogP contribution in [0.4, 0.5) is 0 Å². The molecule has 3 nitrogen and oxygen atoms in total. The van der Waals surface area contributed by atoms with Crippen molar-refractivity contribution in [3.05, 3.63) is 41.7 Å². The summed E-state index contributed by atoms with van der Waals surface area (Å²) in [6, 6.07) is 8.75. The van der Waals surface area contributed by atoms with Crippen LogP contribution in [0.1, 0.15) is 30.7 Å². The van der Waals surface area contributed by atoms with Gasteiger partial charge in [-0.2, -0.15) is 0 Å². The summed E-state index contributed by atoms with van der Waals surface area (Å²) >= 11 is 0. The molecule has 0 saturated carbocycles. The minimum absolute atomic E-state index is 0.352. The van der Waals surface area contributed by atoms with Gasteiger partial charge in [0.05, 0.1) is 19.5 Å². The summed E-state index contributed by atoms with van der Waals surface area (Å²) in [5.74, 6) is 1.51. The molecule has 3 heteroatoms. The second kappa shape index (κ2) is 5.66. The van der Waals surface area contributed by atoms with E-state index in [-0.39, 0.29) is 0 Å². The molecule has 0 aliphatic carbocycles. The van der Waals surface area contributed by atoms with Crippen LogP contribution < -0.4 is 10.1 Å². The highest BCUT2D eigenvalue weighted by atomic mass is 16.5. The summed E-state index contributed by atoms with van der Waals surface area (Å²) in [7, 11) is 2.04. The summed E-state index contributed by atoms with van der Waals surface area (Å²) in [6.45, 7) is 1.65. The molecule has 0 radical (unpaired) electrons. The highest BCUT2D eigenvalue weighted by Gasteiger charge is 2.30. The highest BCUT2D eigenvalue weighted by Crippen LogP contribution is 2.38. The molecule has 3 rings (SSSR count). The molecule has 0 amide bonds. The maximum Gasteiger partial charge on any atom is 0.122 e. The van der Waals surface area contributed by atoms with Crippen molar-refractivity contribution in [3.8, 4) is 5.75 Å². The van der Waals surface area contributed by atoms with Crippen LogP contribution in [0.2, 0.25) is 0 Å². The lowest BCUT2D eigenvalue weighted by Crippen LogP contribution is -2.37. The summed E-state index contributed by atoms with van der Waals surface area (Å²) in [6.07, 6.45) is 5.27. The molecule has 0 spiro atoms. The number of ether oxygens (including phenoxy) is 2. The largest absolute Gasteiger partial charge is 0.501 e. The fraction of sp³-hybridized carbons (Fsp3) is 0.500. The number of nitrogens with one attached hydrogen (secondary N) is 1. The Bertz CT molecular complexity index is 470. The quantitative estimate of drug-likeness (QED) is 0.905. The van der Waals surface area contributed by atoms with Crippen molar-refractivity contribution in [1.29, 1.82) is 0 Å². The Balaban J connectivity index is 1.90. The lowest BCUT2D eigenvalue weighted by atomic mass is 9.82. The van der Waals surface area contributed by atoms with E-state index in [1.807, 2.05) is 19.4 Å². The highest BCUT2D eigenvalue weighted by molar-refractivity contribution is 5.40. The molecule has 2 heterocycles. The van der Waals surface area contributed by atoms with Crippen molar-refractivity contribution in [2.45, 2.75) is 31.2 Å². The van der Waals surface area contributed by atoms with Crippen molar-refractivity contribution in [3.63, 3.8) is 0 Å². The first kappa shape index (κ1) is 12.5. The van der Waals surface area contributed by atoms with Gasteiger partial charge in [0.25, 0.3) is 0 Å². The molecule has 2 unspecified atom stereocenters. The Kier molecular flexibility index (Phi) is 3.74. The molecule has 2 aliphatic rings. The molecular weight excluding hydrogens is 238 g/mol. The van der Waals surface area contributed by atoms with Gasteiger partial charge in [0.15, 0.2) is 0 Å². The molecule has 102 valence electrons. The van der Waals surface area contributed by atoms with Gasteiger partial charge in [-0.05, 0) is 43.5 Å². The molecular formula is C16H21NO2. The van der Waals surface area contributed by atoms with E-state index in [4.69, 9.17) is 9.47 Å². The van der Waals surface area contributed by atoms with Crippen LogP contribution in [0.5, 0.6) is 5.75 Å². The van der Waals surface area contributed by atoms with Gasteiger partial charge in [-0.3, -0.25) is 0 Å². The Labute approximate surface area is 114 Å². The van der Waals surface area contributed by atoms with E-state index in [1.54, 1.807) is 0 Å². The van der Waals surface area contributed by atoms with E-state index in [0.29, 0.717) is 12.0 Å². The van der Waals surface area contributed by atoms with Crippen LogP contribution in [0.15, 0.2) is 36.1 Å². The third kappa shape index (κ3) is 2.47. The van der Waals surface area contributed by atoms with Gasteiger partial charge in [-0.1, -0.05) is 18.2 Å². The minimum Gasteiger partial charge on any atom is -0.501 e. The standard InChI is InChI=1S/C16H21NO2/c1-17-16(12-5-4-9-18-11-12)14-8-10-19-15-7-3-2-6-13(14)15/h2-3,6-7,11,14,16-17H,4-5,8-10H2,1H3. The number of fused-ring (bicyclic) bond motifs is 1. The smallest absolute Gasteiger partial charge is 0.122 e. The Morgan fingerprint density at radius 1 is 1.26 bits per heavy atom. The molecule has 0 bridgehead atoms. The van der Waals surface area contributed by atoms with Crippen LogP contribution in [-0.2, 0) is 4.74 Å². The number of hydrogen-bond donors (Lipinski definition) is 1. The van der Waals surface area contributed by atoms with Gasteiger partial charge in [0, 0.05) is 12.0 Å². The van der Waals surface area contributed by atoms with Crippen LogP contribution in [0.3, 0.4) is 0 Å². The fourth-order valence-electron chi connectivity index (χ4n) is 3.17. The summed E-state index contributed by atoms with van der Waals surface area (Å²) in [5.41, 5.74) is 2.70. The normalized spacial score (nSPS) is 23.6. The molecule has 19 heavy (non-hydrogen) atoms. The third-order valence-electron chi connectivity index (χ3n) is 4.08. The maximum absolute atomic E-state index is 5.76. The summed E-state index contributed by atoms with van der Waals surface area (Å²) < 4.78 is 11.3. The predicted octanol–water partition coefficient (Wildman–Crippen LogP) is 2.84. The number of benzene rings is 1. The zero-order valence-corrected chi connectivity index (χ0v) is 11.4. The molecule has 1 aromatic rings. The molecule has 2 atom stereocenters. The first-order valence-corrected chi connectivity index (χ1v) is 7.09. The zero-order chi connectivity index (χ0) is 13.1. The lowest BCUT2D eigenvalue weighted by Gasteiger charge is -2.34. The molecule has 2 aliphatic heterocycles. The van der Waals surface area contributed by atoms with Gasteiger partial charge in [0.2, 0.25) is 0 Å². The number of hydrogen-bond acceptors (Lipinski definition) is 3. The topological polar surface area (TPSA) is 30.5 Å². The first-order valence-electron chi connectivity index (χ1n) is 7.09. The van der Waals surface area contributed by atoms with Crippen molar-refractivity contribution in [1.82, 2.24) is 5.32 Å². The predicted molar refractivity (Wildman–Crippen MR) is 75.4 cm³/mol. The second-order valence-electron chi connectivity index (χ2n) is 5.21. The van der Waals surface area contributed by atoms with Crippen LogP contribution in [0, 0.1) is 0 Å². The van der Waals surface area contributed by atoms with E-state index < -0.39 is 0 Å². The molecule has 0 saturated heterocycles. The third-order valence-corrected chi connectivity index (χ3v) is 4.08. The Morgan fingerprint density at radius 3 is 2.95 bits per heavy atom. The van der Waals surface area contributed by atoms with Crippen molar-refractivity contribution in [2.24, 2.45) is 0 Å². The van der Waals surface area contributed by atoms with Gasteiger partial charge >= 0.3 is 0 Å². The molecule has 0 aromatic heterocycles. The van der Waals surface area contributed by atoms with Gasteiger partial charge in [-0.25, -0.2) is 0 Å². The number of rotatable bonds is 3. The van der Waals surface area contributed by atoms with E-state index >= 15 is 0 Å². The van der Waals surface area contributed by atoms with Crippen LogP contribution >= 0.6 is 0 Å². The summed E-state index contributed by atoms with van der Waals surface area (Å²) in [4.78, 5) is 0. The van der Waals surface area contributed by atoms with Gasteiger partial charge in [0.1, 0.15) is 5.75 Å². The first-order chi connectivity index (χ1) is 9.40. The van der Waals surface area contributed by atoms with E-state index in [9.17, 15) is 0 Å². The van der Waals surface area contributed by atoms with Crippen LogP contribution in [-0.4, -0.2) is 26.3 Å². The average Bonchev–Trinajstić information content (AvgIpc) is 2.49. The molecule has 1 aromatic carbocycles. The number of para-hydroxylation sites is 1. The average molecular weight is 259 g/mol. The Morgan fingerprint density at radius 2 is 2.16 bits per heavy atom. The number of likely N-dealkylation sites (N-methyl/N-ethyl adjacent to an activating group) is 1. The fourth-order valence-corrected chi connectivity index (χ4v) is 3.17. The van der Waals surface area contributed by atoms with Gasteiger partial charge < -0.3 is 14.8 Å². The second-order valence-corrected chi connectivity index (χ2v) is 5.21. The summed E-state index contributed by atoms with van der Waals surface area (Å²) in [5, 5.41) is 3.48. The minimum atomic E-state index is 0.352. The molecule has 1 N–H and O–H groups in total.